The number of ether oxygens (including phenoxy) is 1. The van der Waals surface area contributed by atoms with E-state index < -0.39 is 0 Å². The van der Waals surface area contributed by atoms with Gasteiger partial charge in [0.2, 0.25) is 5.91 Å². The average molecular weight is 291 g/mol. The highest BCUT2D eigenvalue weighted by molar-refractivity contribution is 5.78. The van der Waals surface area contributed by atoms with Crippen molar-refractivity contribution in [2.75, 3.05) is 45.2 Å². The fourth-order valence-corrected chi connectivity index (χ4v) is 2.57. The number of amides is 1. The first-order chi connectivity index (χ1) is 10.3. The third-order valence-corrected chi connectivity index (χ3v) is 3.63. The summed E-state index contributed by atoms with van der Waals surface area (Å²) in [5, 5.41) is 6.44. The third kappa shape index (κ3) is 5.73. The monoisotopic (exact) mass is 291 g/mol. The lowest BCUT2D eigenvalue weighted by atomic mass is 10.2. The fourth-order valence-electron chi connectivity index (χ4n) is 2.57. The molecule has 1 aliphatic rings. The van der Waals surface area contributed by atoms with E-state index >= 15 is 0 Å². The molecule has 2 rings (SSSR count). The molecule has 1 aliphatic heterocycles. The molecule has 1 unspecified atom stereocenters. The Hall–Kier alpha value is -1.59. The second kappa shape index (κ2) is 8.64. The topological polar surface area (TPSA) is 53.6 Å². The molecule has 5 nitrogen and oxygen atoms in total. The summed E-state index contributed by atoms with van der Waals surface area (Å²) in [4.78, 5) is 14.0. The molecule has 0 aromatic heterocycles. The van der Waals surface area contributed by atoms with Gasteiger partial charge in [-0.05, 0) is 25.0 Å². The molecular weight excluding hydrogens is 266 g/mol. The number of carbonyl (C=O) groups excluding carboxylic acids is 1. The summed E-state index contributed by atoms with van der Waals surface area (Å²) in [6.07, 6.45) is 1.94. The van der Waals surface area contributed by atoms with Crippen LogP contribution in [0.25, 0.3) is 0 Å². The highest BCUT2D eigenvalue weighted by Crippen LogP contribution is 2.15. The molecule has 1 amide bonds. The average Bonchev–Trinajstić information content (AvgIpc) is 2.92. The Kier molecular flexibility index (Phi) is 6.50. The van der Waals surface area contributed by atoms with Crippen molar-refractivity contribution in [3.05, 3.63) is 30.3 Å². The summed E-state index contributed by atoms with van der Waals surface area (Å²) in [5.41, 5.74) is 1.15. The van der Waals surface area contributed by atoms with Crippen LogP contribution in [0.3, 0.4) is 0 Å². The molecule has 2 N–H and O–H groups in total. The van der Waals surface area contributed by atoms with Crippen molar-refractivity contribution >= 4 is 11.6 Å². The van der Waals surface area contributed by atoms with Gasteiger partial charge in [-0.25, -0.2) is 0 Å². The molecule has 116 valence electrons. The second-order valence-electron chi connectivity index (χ2n) is 5.43. The van der Waals surface area contributed by atoms with Crippen molar-refractivity contribution in [2.45, 2.75) is 18.9 Å². The number of methoxy groups -OCH3 is 1. The van der Waals surface area contributed by atoms with Crippen molar-refractivity contribution in [2.24, 2.45) is 0 Å². The molecule has 5 heteroatoms. The quantitative estimate of drug-likeness (QED) is 0.710. The van der Waals surface area contributed by atoms with Gasteiger partial charge in [0, 0.05) is 45.1 Å². The van der Waals surface area contributed by atoms with Crippen LogP contribution in [-0.4, -0.2) is 56.7 Å². The molecule has 1 heterocycles. The van der Waals surface area contributed by atoms with Gasteiger partial charge in [0.1, 0.15) is 0 Å². The first kappa shape index (κ1) is 15.8. The van der Waals surface area contributed by atoms with E-state index in [0.29, 0.717) is 25.7 Å². The predicted octanol–water partition coefficient (Wildman–Crippen LogP) is 1.33. The van der Waals surface area contributed by atoms with Gasteiger partial charge < -0.3 is 15.4 Å². The summed E-state index contributed by atoms with van der Waals surface area (Å²) in [7, 11) is 1.67. The van der Waals surface area contributed by atoms with Crippen molar-refractivity contribution in [3.63, 3.8) is 0 Å². The van der Waals surface area contributed by atoms with Crippen LogP contribution in [0.15, 0.2) is 30.3 Å². The predicted molar refractivity (Wildman–Crippen MR) is 84.4 cm³/mol. The van der Waals surface area contributed by atoms with Gasteiger partial charge in [-0.15, -0.1) is 0 Å². The summed E-state index contributed by atoms with van der Waals surface area (Å²) < 4.78 is 4.96. The Morgan fingerprint density at radius 3 is 2.95 bits per heavy atom. The zero-order chi connectivity index (χ0) is 14.9. The maximum Gasteiger partial charge on any atom is 0.234 e. The van der Waals surface area contributed by atoms with Crippen LogP contribution in [0.4, 0.5) is 5.69 Å². The van der Waals surface area contributed by atoms with E-state index in [4.69, 9.17) is 4.74 Å². The van der Waals surface area contributed by atoms with Crippen molar-refractivity contribution in [1.82, 2.24) is 10.2 Å². The zero-order valence-corrected chi connectivity index (χ0v) is 12.7. The van der Waals surface area contributed by atoms with Crippen molar-refractivity contribution < 1.29 is 9.53 Å². The first-order valence-electron chi connectivity index (χ1n) is 7.57. The molecule has 0 aliphatic carbocycles. The van der Waals surface area contributed by atoms with Gasteiger partial charge in [0.05, 0.1) is 6.54 Å². The highest BCUT2D eigenvalue weighted by atomic mass is 16.5. The van der Waals surface area contributed by atoms with E-state index in [-0.39, 0.29) is 5.91 Å². The molecular formula is C16H25N3O2. The molecule has 0 spiro atoms. The van der Waals surface area contributed by atoms with Crippen molar-refractivity contribution in [3.8, 4) is 0 Å². The minimum absolute atomic E-state index is 0.103. The Balaban J connectivity index is 1.64. The first-order valence-corrected chi connectivity index (χ1v) is 7.57. The Morgan fingerprint density at radius 2 is 2.19 bits per heavy atom. The molecule has 1 atom stereocenters. The lowest BCUT2D eigenvalue weighted by Gasteiger charge is -2.17. The summed E-state index contributed by atoms with van der Waals surface area (Å²) in [5.74, 6) is 0.103. The van der Waals surface area contributed by atoms with Gasteiger partial charge in [-0.2, -0.15) is 0 Å². The van der Waals surface area contributed by atoms with Crippen LogP contribution in [0.5, 0.6) is 0 Å². The summed E-state index contributed by atoms with van der Waals surface area (Å²) in [6, 6.07) is 10.6. The number of benzene rings is 1. The van der Waals surface area contributed by atoms with E-state index in [1.165, 1.54) is 0 Å². The number of nitrogens with zero attached hydrogens (tertiary/aromatic N) is 1. The Morgan fingerprint density at radius 1 is 1.38 bits per heavy atom. The number of hydrogen-bond donors (Lipinski definition) is 2. The van der Waals surface area contributed by atoms with Crippen molar-refractivity contribution in [1.29, 1.82) is 0 Å². The number of anilines is 1. The molecule has 0 radical (unpaired) electrons. The van der Waals surface area contributed by atoms with Crippen LogP contribution in [0.1, 0.15) is 12.8 Å². The fraction of sp³-hybridized carbons (Fsp3) is 0.562. The minimum atomic E-state index is 0.103. The van der Waals surface area contributed by atoms with Crippen LogP contribution in [0.2, 0.25) is 0 Å². The van der Waals surface area contributed by atoms with Gasteiger partial charge in [0.25, 0.3) is 0 Å². The molecule has 1 saturated heterocycles. The largest absolute Gasteiger partial charge is 0.385 e. The maximum atomic E-state index is 11.8. The summed E-state index contributed by atoms with van der Waals surface area (Å²) in [6.45, 7) is 3.75. The van der Waals surface area contributed by atoms with E-state index in [1.54, 1.807) is 7.11 Å². The van der Waals surface area contributed by atoms with E-state index in [9.17, 15) is 4.79 Å². The number of likely N-dealkylation sites (tertiary alicyclic amines) is 1. The van der Waals surface area contributed by atoms with E-state index in [2.05, 4.69) is 27.7 Å². The highest BCUT2D eigenvalue weighted by Gasteiger charge is 2.23. The number of hydrogen-bond acceptors (Lipinski definition) is 4. The molecule has 0 bridgehead atoms. The molecule has 0 saturated carbocycles. The third-order valence-electron chi connectivity index (χ3n) is 3.63. The molecule has 21 heavy (non-hydrogen) atoms. The standard InChI is InChI=1S/C16H25N3O2/c1-21-11-5-9-17-16(20)13-19-10-8-15(12-19)18-14-6-3-2-4-7-14/h2-4,6-7,15,18H,5,8-13H2,1H3,(H,17,20). The van der Waals surface area contributed by atoms with Crippen LogP contribution in [0, 0.1) is 0 Å². The maximum absolute atomic E-state index is 11.8. The normalized spacial score (nSPS) is 18.6. The lowest BCUT2D eigenvalue weighted by Crippen LogP contribution is -2.37. The van der Waals surface area contributed by atoms with Crippen LogP contribution < -0.4 is 10.6 Å². The number of carbonyl (C=O) groups is 1. The molecule has 1 fully saturated rings. The summed E-state index contributed by atoms with van der Waals surface area (Å²) >= 11 is 0. The zero-order valence-electron chi connectivity index (χ0n) is 12.7. The Labute approximate surface area is 126 Å². The molecule has 1 aromatic carbocycles. The number of rotatable bonds is 8. The van der Waals surface area contributed by atoms with E-state index in [1.807, 2.05) is 18.2 Å². The number of para-hydroxylation sites is 1. The van der Waals surface area contributed by atoms with Gasteiger partial charge in [-0.1, -0.05) is 18.2 Å². The smallest absolute Gasteiger partial charge is 0.234 e. The van der Waals surface area contributed by atoms with Gasteiger partial charge in [0.15, 0.2) is 0 Å². The Bertz CT molecular complexity index is 425. The second-order valence-corrected chi connectivity index (χ2v) is 5.43. The molecule has 1 aromatic rings. The lowest BCUT2D eigenvalue weighted by molar-refractivity contribution is -0.122. The van der Waals surface area contributed by atoms with Crippen LogP contribution >= 0.6 is 0 Å². The minimum Gasteiger partial charge on any atom is -0.385 e. The van der Waals surface area contributed by atoms with Crippen LogP contribution in [-0.2, 0) is 9.53 Å². The van der Waals surface area contributed by atoms with Gasteiger partial charge >= 0.3 is 0 Å². The van der Waals surface area contributed by atoms with Gasteiger partial charge in [-0.3, -0.25) is 9.69 Å². The SMILES string of the molecule is COCCCNC(=O)CN1CCC(Nc2ccccc2)C1. The number of nitrogens with one attached hydrogen (secondary N) is 2. The van der Waals surface area contributed by atoms with E-state index in [0.717, 1.165) is 31.6 Å².